The molecule has 0 radical (unpaired) electrons. The second kappa shape index (κ2) is 18.5. The molecule has 2 amide bonds. The summed E-state index contributed by atoms with van der Waals surface area (Å²) in [5, 5.41) is 19.9. The van der Waals surface area contributed by atoms with Crippen LogP contribution < -0.4 is 9.47 Å². The molecule has 4 aliphatic heterocycles. The van der Waals surface area contributed by atoms with Crippen LogP contribution in [0.15, 0.2) is 48.5 Å². The van der Waals surface area contributed by atoms with Crippen molar-refractivity contribution in [2.24, 2.45) is 10.8 Å². The lowest BCUT2D eigenvalue weighted by Crippen LogP contribution is -2.60. The lowest BCUT2D eigenvalue weighted by Gasteiger charge is -2.49. The van der Waals surface area contributed by atoms with Crippen molar-refractivity contribution in [1.82, 2.24) is 19.6 Å². The van der Waals surface area contributed by atoms with E-state index >= 15 is 0 Å². The number of likely N-dealkylation sites (tertiary alicyclic amines) is 4. The zero-order valence-corrected chi connectivity index (χ0v) is 40.4. The van der Waals surface area contributed by atoms with Gasteiger partial charge in [0, 0.05) is 61.9 Å². The summed E-state index contributed by atoms with van der Waals surface area (Å²) in [5.41, 5.74) is -1.39. The molecule has 0 bridgehead atoms. The molecule has 2 aromatic carbocycles. The van der Waals surface area contributed by atoms with Gasteiger partial charge in [0.1, 0.15) is 11.5 Å². The smallest absolute Gasteiger partial charge is 0.260 e. The number of rotatable bonds is 14. The Morgan fingerprint density at radius 2 is 0.924 bits per heavy atom. The summed E-state index contributed by atoms with van der Waals surface area (Å²) in [6, 6.07) is 17.9. The molecule has 10 nitrogen and oxygen atoms in total. The van der Waals surface area contributed by atoms with E-state index in [-0.39, 0.29) is 22.6 Å². The van der Waals surface area contributed by atoms with Gasteiger partial charge in [0.2, 0.25) is 0 Å². The number of aliphatic hydroxyl groups is 2. The molecule has 2 aromatic rings. The molecule has 8 aliphatic rings. The minimum absolute atomic E-state index is 0.239. The molecular weight excluding hydrogens is 839 g/mol. The van der Waals surface area contributed by atoms with Crippen molar-refractivity contribution in [2.75, 3.05) is 65.6 Å². The second-order valence-electron chi connectivity index (χ2n) is 23.6. The van der Waals surface area contributed by atoms with E-state index in [2.05, 4.69) is 46.2 Å². The Morgan fingerprint density at radius 3 is 1.26 bits per heavy atom. The van der Waals surface area contributed by atoms with E-state index < -0.39 is 22.5 Å². The average Bonchev–Trinajstić information content (AvgIpc) is 4.08. The number of nitrogens with zero attached hydrogens (tertiary/aromatic N) is 4. The van der Waals surface area contributed by atoms with Gasteiger partial charge in [-0.2, -0.15) is 0 Å². The van der Waals surface area contributed by atoms with E-state index in [0.29, 0.717) is 75.7 Å². The lowest BCUT2D eigenvalue weighted by atomic mass is 9.77. The van der Waals surface area contributed by atoms with Crippen LogP contribution in [0.2, 0.25) is 0 Å². The van der Waals surface area contributed by atoms with E-state index in [1.54, 1.807) is 9.80 Å². The first kappa shape index (κ1) is 47.7. The predicted molar refractivity (Wildman–Crippen MR) is 252 cm³/mol. The van der Waals surface area contributed by atoms with Crippen molar-refractivity contribution in [3.63, 3.8) is 0 Å². The van der Waals surface area contributed by atoms with Crippen LogP contribution >= 0.6 is 0 Å². The highest BCUT2D eigenvalue weighted by atomic mass is 19.1. The third kappa shape index (κ3) is 10.9. The Kier molecular flexibility index (Phi) is 13.4. The number of halogens is 2. The van der Waals surface area contributed by atoms with Gasteiger partial charge in [0.15, 0.2) is 11.3 Å². The molecule has 12 heteroatoms. The van der Waals surface area contributed by atoms with Gasteiger partial charge in [-0.15, -0.1) is 0 Å². The van der Waals surface area contributed by atoms with Gasteiger partial charge in [0.05, 0.1) is 24.4 Å². The Morgan fingerprint density at radius 1 is 0.576 bits per heavy atom. The number of hydrogen-bond donors (Lipinski definition) is 2. The fourth-order valence-electron chi connectivity index (χ4n) is 12.5. The number of hydrogen-bond acceptors (Lipinski definition) is 8. The average molecular weight is 917 g/mol. The van der Waals surface area contributed by atoms with E-state index in [0.717, 1.165) is 102 Å². The number of amides is 2. The first-order valence-electron chi connectivity index (χ1n) is 25.7. The van der Waals surface area contributed by atoms with E-state index in [9.17, 15) is 28.6 Å². The van der Waals surface area contributed by atoms with Gasteiger partial charge >= 0.3 is 0 Å². The van der Waals surface area contributed by atoms with Crippen molar-refractivity contribution in [2.45, 2.75) is 177 Å². The zero-order valence-electron chi connectivity index (χ0n) is 40.4. The summed E-state index contributed by atoms with van der Waals surface area (Å²) < 4.78 is 40.4. The fourth-order valence-corrected chi connectivity index (χ4v) is 12.5. The highest BCUT2D eigenvalue weighted by Gasteiger charge is 2.60. The van der Waals surface area contributed by atoms with Gasteiger partial charge in [-0.05, 0) is 179 Å². The monoisotopic (exact) mass is 917 g/mol. The molecule has 2 atom stereocenters. The normalized spacial score (nSPS) is 26.9. The number of alkyl halides is 2. The van der Waals surface area contributed by atoms with Crippen LogP contribution in [0.25, 0.3) is 0 Å². The summed E-state index contributed by atoms with van der Waals surface area (Å²) in [4.78, 5) is 33.4. The maximum atomic E-state index is 14.1. The largest absolute Gasteiger partial charge is 0.493 e. The summed E-state index contributed by atoms with van der Waals surface area (Å²) in [7, 11) is 0. The number of para-hydroxylation sites is 2. The maximum absolute atomic E-state index is 14.1. The van der Waals surface area contributed by atoms with Gasteiger partial charge < -0.3 is 39.3 Å². The summed E-state index contributed by atoms with van der Waals surface area (Å²) in [6.07, 6.45) is 14.4. The van der Waals surface area contributed by atoms with Gasteiger partial charge in [-0.1, -0.05) is 36.4 Å². The first-order chi connectivity index (χ1) is 31.3. The van der Waals surface area contributed by atoms with E-state index in [1.807, 2.05) is 39.8 Å². The van der Waals surface area contributed by atoms with E-state index in [1.165, 1.54) is 36.8 Å². The molecular formula is C54H78F2N4O6. The van der Waals surface area contributed by atoms with Crippen LogP contribution in [0.5, 0.6) is 11.5 Å². The van der Waals surface area contributed by atoms with Crippen molar-refractivity contribution in [3.8, 4) is 11.5 Å². The summed E-state index contributed by atoms with van der Waals surface area (Å²) in [6.45, 7) is 15.7. The molecule has 4 heterocycles. The number of carbonyl (C=O) groups excluding carboxylic acids is 2. The molecule has 0 unspecified atom stereocenters. The van der Waals surface area contributed by atoms with Gasteiger partial charge in [-0.25, -0.2) is 8.78 Å². The number of ether oxygens (including phenoxy) is 2. The molecule has 66 heavy (non-hydrogen) atoms. The highest BCUT2D eigenvalue weighted by molar-refractivity contribution is 5.89. The Balaban J connectivity index is 0.000000166. The number of piperidine rings is 2. The highest BCUT2D eigenvalue weighted by Crippen LogP contribution is 2.53. The third-order valence-electron chi connectivity index (χ3n) is 16.9. The van der Waals surface area contributed by atoms with Crippen molar-refractivity contribution in [1.29, 1.82) is 0 Å². The molecule has 364 valence electrons. The lowest BCUT2D eigenvalue weighted by molar-refractivity contribution is -0.151. The van der Waals surface area contributed by atoms with Crippen LogP contribution in [0.4, 0.5) is 8.78 Å². The van der Waals surface area contributed by atoms with Crippen LogP contribution in [0.3, 0.4) is 0 Å². The standard InChI is InChI=1S/2C27H39FN2O3/c2*1-25(2,32)13-16-33-23-6-4-3-5-22(23)20-8-14-29(15-9-20)21-7-10-26(17-21)18-30(19-26)24(31)27(28)11-12-27/h2*3-6,20-21,32H,7-19H2,1-2H3/t2*21-/m10/s1. The topological polar surface area (TPSA) is 106 Å². The Bertz CT molecular complexity index is 1870. The first-order valence-corrected chi connectivity index (χ1v) is 25.7. The van der Waals surface area contributed by atoms with Crippen LogP contribution in [-0.2, 0) is 9.59 Å². The van der Waals surface area contributed by atoms with Crippen LogP contribution in [0, 0.1) is 10.8 Å². The third-order valence-corrected chi connectivity index (χ3v) is 16.9. The zero-order chi connectivity index (χ0) is 46.5. The second-order valence-corrected chi connectivity index (χ2v) is 23.6. The Labute approximate surface area is 392 Å². The minimum Gasteiger partial charge on any atom is -0.493 e. The van der Waals surface area contributed by atoms with Gasteiger partial charge in [0.25, 0.3) is 11.8 Å². The predicted octanol–water partition coefficient (Wildman–Crippen LogP) is 8.58. The summed E-state index contributed by atoms with van der Waals surface area (Å²) >= 11 is 0. The van der Waals surface area contributed by atoms with Gasteiger partial charge in [-0.3, -0.25) is 9.59 Å². The molecule has 4 aliphatic carbocycles. The molecule has 10 rings (SSSR count). The minimum atomic E-state index is -1.52. The molecule has 4 saturated carbocycles. The summed E-state index contributed by atoms with van der Waals surface area (Å²) in [5.74, 6) is 2.43. The Hall–Kier alpha value is -3.32. The molecule has 2 N–H and O–H groups in total. The molecule has 0 aromatic heterocycles. The van der Waals surface area contributed by atoms with Crippen molar-refractivity contribution < 1.29 is 38.1 Å². The van der Waals surface area contributed by atoms with Crippen LogP contribution in [0.1, 0.15) is 153 Å². The van der Waals surface area contributed by atoms with Crippen LogP contribution in [-0.4, -0.2) is 142 Å². The molecule has 2 spiro atoms. The SMILES string of the molecule is CC(C)(O)CCOc1ccccc1C1CCN([C@@H]2CCC3(C2)CN(C(=O)C2(F)CC2)C3)CC1.CC(C)(O)CCOc1ccccc1C1CCN([C@H]2CCC3(C2)CN(C(=O)C2(F)CC2)C3)CC1. The van der Waals surface area contributed by atoms with Crippen molar-refractivity contribution >= 4 is 11.8 Å². The van der Waals surface area contributed by atoms with E-state index in [4.69, 9.17) is 9.47 Å². The fraction of sp³-hybridized carbons (Fsp3) is 0.741. The quantitative estimate of drug-likeness (QED) is 0.194. The number of benzene rings is 2. The molecule has 4 saturated heterocycles. The maximum Gasteiger partial charge on any atom is 0.260 e. The number of carbonyl (C=O) groups is 2. The van der Waals surface area contributed by atoms with Crippen molar-refractivity contribution in [3.05, 3.63) is 59.7 Å². The molecule has 8 fully saturated rings.